The van der Waals surface area contributed by atoms with Gasteiger partial charge in [0.25, 0.3) is 0 Å². The minimum absolute atomic E-state index is 0.850. The summed E-state index contributed by atoms with van der Waals surface area (Å²) in [5.74, 6) is 1.70. The van der Waals surface area contributed by atoms with E-state index in [1.54, 1.807) is 0 Å². The standard InChI is InChI=1S/C52H38N2OS/c1-3-33-17-5-11-23-43(33)53(46-32-52-42(29-34(46)4-2)39-22-10-16-28-51(39)56-52)47-30-40-36-19-7-9-21-38(36)48(31-41(40)35-18-6-8-20-37(35)47)54-44-24-12-14-26-49(44)55-50-27-15-13-25-45(50)54/h5-32H,3-4H2,1-2H3. The van der Waals surface area contributed by atoms with E-state index in [9.17, 15) is 0 Å². The first-order chi connectivity index (χ1) is 27.7. The molecule has 0 spiro atoms. The summed E-state index contributed by atoms with van der Waals surface area (Å²) in [5, 5.41) is 9.96. The summed E-state index contributed by atoms with van der Waals surface area (Å²) in [6.45, 7) is 4.56. The normalized spacial score (nSPS) is 12.4. The van der Waals surface area contributed by atoms with Crippen LogP contribution in [-0.4, -0.2) is 0 Å². The molecule has 11 rings (SSSR count). The van der Waals surface area contributed by atoms with Crippen LogP contribution in [0.2, 0.25) is 0 Å². The maximum absolute atomic E-state index is 6.46. The first kappa shape index (κ1) is 32.8. The van der Waals surface area contributed by atoms with Crippen molar-refractivity contribution < 1.29 is 4.74 Å². The number of rotatable bonds is 6. The maximum atomic E-state index is 6.46. The molecular weight excluding hydrogens is 701 g/mol. The molecule has 0 N–H and O–H groups in total. The average molecular weight is 739 g/mol. The van der Waals surface area contributed by atoms with Gasteiger partial charge in [-0.25, -0.2) is 0 Å². The molecule has 0 amide bonds. The molecule has 10 aromatic rings. The second-order valence-electron chi connectivity index (χ2n) is 14.6. The van der Waals surface area contributed by atoms with Gasteiger partial charge in [-0.15, -0.1) is 11.3 Å². The lowest BCUT2D eigenvalue weighted by molar-refractivity contribution is 0.477. The second-order valence-corrected chi connectivity index (χ2v) is 15.7. The topological polar surface area (TPSA) is 15.7 Å². The molecule has 9 aromatic carbocycles. The first-order valence-electron chi connectivity index (χ1n) is 19.6. The molecule has 0 radical (unpaired) electrons. The molecule has 0 bridgehead atoms. The molecule has 3 nitrogen and oxygen atoms in total. The number of para-hydroxylation sites is 5. The lowest BCUT2D eigenvalue weighted by atomic mass is 9.92. The molecule has 4 heteroatoms. The van der Waals surface area contributed by atoms with Crippen molar-refractivity contribution in [1.82, 2.24) is 0 Å². The van der Waals surface area contributed by atoms with Crippen LogP contribution in [0, 0.1) is 0 Å². The Bertz CT molecular complexity index is 3130. The van der Waals surface area contributed by atoms with Crippen molar-refractivity contribution in [3.63, 3.8) is 0 Å². The zero-order valence-electron chi connectivity index (χ0n) is 31.3. The van der Waals surface area contributed by atoms with Gasteiger partial charge in [-0.05, 0) is 106 Å². The van der Waals surface area contributed by atoms with E-state index in [4.69, 9.17) is 4.74 Å². The van der Waals surface area contributed by atoms with Crippen LogP contribution in [0.3, 0.4) is 0 Å². The van der Waals surface area contributed by atoms with Crippen molar-refractivity contribution >= 4 is 98.0 Å². The number of hydrogen-bond donors (Lipinski definition) is 0. The van der Waals surface area contributed by atoms with Crippen LogP contribution in [0.1, 0.15) is 25.0 Å². The van der Waals surface area contributed by atoms with Gasteiger partial charge < -0.3 is 14.5 Å². The Morgan fingerprint density at radius 2 is 0.982 bits per heavy atom. The fourth-order valence-corrected chi connectivity index (χ4v) is 10.1. The molecule has 1 aromatic heterocycles. The summed E-state index contributed by atoms with van der Waals surface area (Å²) in [6.07, 6.45) is 1.85. The number of nitrogens with zero attached hydrogens (tertiary/aromatic N) is 2. The van der Waals surface area contributed by atoms with Crippen LogP contribution in [0.5, 0.6) is 11.5 Å². The summed E-state index contributed by atoms with van der Waals surface area (Å²) in [6, 6.07) is 62.2. The van der Waals surface area contributed by atoms with E-state index in [1.165, 1.54) is 80.7 Å². The smallest absolute Gasteiger partial charge is 0.151 e. The summed E-state index contributed by atoms with van der Waals surface area (Å²) >= 11 is 1.89. The number of anilines is 6. The third-order valence-electron chi connectivity index (χ3n) is 11.6. The number of thiophene rings is 1. The number of benzene rings is 9. The largest absolute Gasteiger partial charge is 0.453 e. The minimum Gasteiger partial charge on any atom is -0.453 e. The number of fused-ring (bicyclic) bond motifs is 10. The Morgan fingerprint density at radius 1 is 0.411 bits per heavy atom. The Balaban J connectivity index is 1.24. The van der Waals surface area contributed by atoms with Crippen LogP contribution in [0.15, 0.2) is 170 Å². The molecule has 0 unspecified atom stereocenters. The van der Waals surface area contributed by atoms with Crippen LogP contribution in [0.4, 0.5) is 34.1 Å². The SMILES string of the molecule is CCc1ccccc1N(c1cc2sc3ccccc3c2cc1CC)c1cc2c3ccccc3c(N3c4ccccc4Oc4ccccc43)cc2c2ccccc12. The van der Waals surface area contributed by atoms with E-state index < -0.39 is 0 Å². The van der Waals surface area contributed by atoms with Gasteiger partial charge in [-0.2, -0.15) is 0 Å². The van der Waals surface area contributed by atoms with Gasteiger partial charge in [0.05, 0.1) is 28.4 Å². The molecule has 0 saturated carbocycles. The van der Waals surface area contributed by atoms with Crippen molar-refractivity contribution in [2.45, 2.75) is 26.7 Å². The lowest BCUT2D eigenvalue weighted by Crippen LogP contribution is -2.16. The Kier molecular flexibility index (Phi) is 7.61. The highest BCUT2D eigenvalue weighted by Crippen LogP contribution is 2.54. The van der Waals surface area contributed by atoms with E-state index in [1.807, 2.05) is 23.5 Å². The molecule has 0 saturated heterocycles. The predicted octanol–water partition coefficient (Wildman–Crippen LogP) is 15.7. The summed E-state index contributed by atoms with van der Waals surface area (Å²) in [7, 11) is 0. The van der Waals surface area contributed by atoms with Crippen molar-refractivity contribution in [3.05, 3.63) is 181 Å². The molecule has 0 fully saturated rings. The molecule has 1 aliphatic rings. The van der Waals surface area contributed by atoms with E-state index in [0.717, 1.165) is 41.4 Å². The highest BCUT2D eigenvalue weighted by Gasteiger charge is 2.28. The van der Waals surface area contributed by atoms with E-state index >= 15 is 0 Å². The Labute approximate surface area is 330 Å². The predicted molar refractivity (Wildman–Crippen MR) is 240 cm³/mol. The third-order valence-corrected chi connectivity index (χ3v) is 12.7. The van der Waals surface area contributed by atoms with E-state index in [-0.39, 0.29) is 0 Å². The summed E-state index contributed by atoms with van der Waals surface area (Å²) < 4.78 is 9.09. The molecule has 2 heterocycles. The Morgan fingerprint density at radius 3 is 1.71 bits per heavy atom. The van der Waals surface area contributed by atoms with Crippen molar-refractivity contribution in [2.75, 3.05) is 9.80 Å². The zero-order chi connectivity index (χ0) is 37.3. The monoisotopic (exact) mass is 738 g/mol. The van der Waals surface area contributed by atoms with Crippen LogP contribution in [-0.2, 0) is 12.8 Å². The van der Waals surface area contributed by atoms with Gasteiger partial charge in [0.2, 0.25) is 0 Å². The van der Waals surface area contributed by atoms with Gasteiger partial charge in [-0.3, -0.25) is 0 Å². The van der Waals surface area contributed by atoms with Crippen molar-refractivity contribution in [1.29, 1.82) is 0 Å². The number of aryl methyl sites for hydroxylation is 2. The highest BCUT2D eigenvalue weighted by molar-refractivity contribution is 7.25. The summed E-state index contributed by atoms with van der Waals surface area (Å²) in [4.78, 5) is 4.95. The molecule has 0 aliphatic carbocycles. The van der Waals surface area contributed by atoms with Crippen LogP contribution in [0.25, 0.3) is 52.5 Å². The van der Waals surface area contributed by atoms with E-state index in [2.05, 4.69) is 181 Å². The van der Waals surface area contributed by atoms with E-state index in [0.29, 0.717) is 0 Å². The minimum atomic E-state index is 0.850. The fourth-order valence-electron chi connectivity index (χ4n) is 8.96. The van der Waals surface area contributed by atoms with Gasteiger partial charge >= 0.3 is 0 Å². The van der Waals surface area contributed by atoms with Gasteiger partial charge in [0.15, 0.2) is 11.5 Å². The lowest BCUT2D eigenvalue weighted by Gasteiger charge is -2.34. The molecule has 0 atom stereocenters. The zero-order valence-corrected chi connectivity index (χ0v) is 32.1. The first-order valence-corrected chi connectivity index (χ1v) is 20.4. The second kappa shape index (κ2) is 13.0. The van der Waals surface area contributed by atoms with Crippen molar-refractivity contribution in [3.8, 4) is 11.5 Å². The van der Waals surface area contributed by atoms with Crippen molar-refractivity contribution in [2.24, 2.45) is 0 Å². The third kappa shape index (κ3) is 4.96. The molecule has 56 heavy (non-hydrogen) atoms. The summed E-state index contributed by atoms with van der Waals surface area (Å²) in [5.41, 5.74) is 9.48. The molecular formula is C52H38N2OS. The van der Waals surface area contributed by atoms with Crippen LogP contribution >= 0.6 is 11.3 Å². The quantitative estimate of drug-likeness (QED) is 0.158. The number of hydrogen-bond acceptors (Lipinski definition) is 4. The maximum Gasteiger partial charge on any atom is 0.151 e. The fraction of sp³-hybridized carbons (Fsp3) is 0.0769. The van der Waals surface area contributed by atoms with Crippen LogP contribution < -0.4 is 14.5 Å². The molecule has 1 aliphatic heterocycles. The van der Waals surface area contributed by atoms with Gasteiger partial charge in [0, 0.05) is 36.6 Å². The Hall–Kier alpha value is -6.62. The van der Waals surface area contributed by atoms with Gasteiger partial charge in [0.1, 0.15) is 0 Å². The highest BCUT2D eigenvalue weighted by atomic mass is 32.1. The van der Waals surface area contributed by atoms with Gasteiger partial charge in [-0.1, -0.05) is 123 Å². The average Bonchev–Trinajstić information content (AvgIpc) is 3.62. The number of ether oxygens (including phenoxy) is 1. The molecule has 268 valence electrons.